The molecule has 1 aromatic carbocycles. The first-order valence-electron chi connectivity index (χ1n) is 7.49. The third-order valence-electron chi connectivity index (χ3n) is 2.75. The Morgan fingerprint density at radius 1 is 1.33 bits per heavy atom. The fraction of sp³-hybridized carbons (Fsp3) is 0.353. The molecule has 0 saturated heterocycles. The predicted molar refractivity (Wildman–Crippen MR) is 89.3 cm³/mol. The summed E-state index contributed by atoms with van der Waals surface area (Å²) in [7, 11) is 0. The van der Waals surface area contributed by atoms with Gasteiger partial charge in [-0.25, -0.2) is 4.79 Å². The van der Waals surface area contributed by atoms with Gasteiger partial charge in [-0.15, -0.1) is 0 Å². The average molecular weight is 331 g/mol. The Morgan fingerprint density at radius 3 is 2.58 bits per heavy atom. The number of urea groups is 1. The lowest BCUT2D eigenvalue weighted by molar-refractivity contribution is -0.115. The molecule has 3 amide bonds. The van der Waals surface area contributed by atoms with Crippen molar-refractivity contribution in [1.82, 2.24) is 5.32 Å². The molecule has 0 aliphatic heterocycles. The number of ether oxygens (including phenoxy) is 2. The van der Waals surface area contributed by atoms with Gasteiger partial charge in [0.15, 0.2) is 11.5 Å². The predicted octanol–water partition coefficient (Wildman–Crippen LogP) is 2.22. The first-order valence-corrected chi connectivity index (χ1v) is 7.49. The van der Waals surface area contributed by atoms with E-state index in [9.17, 15) is 9.59 Å². The lowest BCUT2D eigenvalue weighted by Gasteiger charge is -2.14. The van der Waals surface area contributed by atoms with Gasteiger partial charge in [-0.05, 0) is 36.6 Å². The van der Waals surface area contributed by atoms with Crippen molar-refractivity contribution >= 4 is 18.0 Å². The van der Waals surface area contributed by atoms with Crippen molar-refractivity contribution in [1.29, 1.82) is 5.26 Å². The van der Waals surface area contributed by atoms with E-state index in [0.717, 1.165) is 0 Å². The number of primary amides is 1. The third-order valence-corrected chi connectivity index (χ3v) is 2.75. The average Bonchev–Trinajstić information content (AvgIpc) is 2.51. The molecular weight excluding hydrogens is 310 g/mol. The van der Waals surface area contributed by atoms with E-state index >= 15 is 0 Å². The molecule has 0 bridgehead atoms. The quantitative estimate of drug-likeness (QED) is 0.587. The van der Waals surface area contributed by atoms with Crippen LogP contribution in [0.3, 0.4) is 0 Å². The molecule has 1 rings (SSSR count). The lowest BCUT2D eigenvalue weighted by atomic mass is 10.1. The van der Waals surface area contributed by atoms with E-state index in [2.05, 4.69) is 0 Å². The largest absolute Gasteiger partial charge is 0.490 e. The molecule has 3 N–H and O–H groups in total. The van der Waals surface area contributed by atoms with E-state index in [4.69, 9.17) is 20.5 Å². The van der Waals surface area contributed by atoms with Gasteiger partial charge >= 0.3 is 6.03 Å². The van der Waals surface area contributed by atoms with Gasteiger partial charge in [0.05, 0.1) is 13.2 Å². The van der Waals surface area contributed by atoms with E-state index in [1.807, 2.05) is 26.1 Å². The van der Waals surface area contributed by atoms with Crippen LogP contribution in [-0.4, -0.2) is 25.2 Å². The minimum atomic E-state index is -1.02. The zero-order valence-electron chi connectivity index (χ0n) is 14.0. The molecule has 0 aliphatic rings. The topological polar surface area (TPSA) is 114 Å². The summed E-state index contributed by atoms with van der Waals surface area (Å²) in [5, 5.41) is 10.9. The summed E-state index contributed by atoms with van der Waals surface area (Å²) in [6.07, 6.45) is 1.34. The number of nitrogens with two attached hydrogens (primary N) is 1. The highest BCUT2D eigenvalue weighted by atomic mass is 16.5. The van der Waals surface area contributed by atoms with Crippen molar-refractivity contribution in [3.63, 3.8) is 0 Å². The van der Waals surface area contributed by atoms with E-state index in [0.29, 0.717) is 36.2 Å². The molecule has 128 valence electrons. The lowest BCUT2D eigenvalue weighted by Crippen LogP contribution is -2.35. The van der Waals surface area contributed by atoms with Crippen LogP contribution in [0.2, 0.25) is 0 Å². The van der Waals surface area contributed by atoms with Crippen LogP contribution in [0.25, 0.3) is 6.08 Å². The Morgan fingerprint density at radius 2 is 2.04 bits per heavy atom. The van der Waals surface area contributed by atoms with Crippen molar-refractivity contribution in [2.24, 2.45) is 11.7 Å². The third kappa shape index (κ3) is 6.01. The molecular formula is C17H21N3O4. The van der Waals surface area contributed by atoms with E-state index in [-0.39, 0.29) is 5.57 Å². The van der Waals surface area contributed by atoms with Gasteiger partial charge in [0.2, 0.25) is 0 Å². The molecule has 0 spiro atoms. The molecule has 0 radical (unpaired) electrons. The molecule has 0 aromatic heterocycles. The van der Waals surface area contributed by atoms with Crippen LogP contribution in [0.15, 0.2) is 23.8 Å². The van der Waals surface area contributed by atoms with Crippen LogP contribution in [0, 0.1) is 17.2 Å². The number of imide groups is 1. The normalized spacial score (nSPS) is 10.9. The summed E-state index contributed by atoms with van der Waals surface area (Å²) >= 11 is 0. The summed E-state index contributed by atoms with van der Waals surface area (Å²) in [5.41, 5.74) is 5.19. The molecule has 7 heteroatoms. The summed E-state index contributed by atoms with van der Waals surface area (Å²) in [4.78, 5) is 22.4. The van der Waals surface area contributed by atoms with Gasteiger partial charge in [-0.3, -0.25) is 10.1 Å². The van der Waals surface area contributed by atoms with Crippen molar-refractivity contribution in [2.45, 2.75) is 20.8 Å². The molecule has 0 heterocycles. The molecule has 24 heavy (non-hydrogen) atoms. The number of hydrogen-bond acceptors (Lipinski definition) is 5. The Kier molecular flexibility index (Phi) is 7.30. The zero-order valence-corrected chi connectivity index (χ0v) is 14.0. The number of carbonyl (C=O) groups is 2. The first-order chi connectivity index (χ1) is 11.4. The van der Waals surface area contributed by atoms with Crippen molar-refractivity contribution in [2.75, 3.05) is 13.2 Å². The Balaban J connectivity index is 3.09. The zero-order chi connectivity index (χ0) is 18.1. The van der Waals surface area contributed by atoms with E-state index < -0.39 is 11.9 Å². The van der Waals surface area contributed by atoms with Gasteiger partial charge in [-0.1, -0.05) is 19.9 Å². The summed E-state index contributed by atoms with van der Waals surface area (Å²) < 4.78 is 11.2. The van der Waals surface area contributed by atoms with Crippen LogP contribution in [0.1, 0.15) is 26.3 Å². The maximum atomic E-state index is 11.7. The fourth-order valence-electron chi connectivity index (χ4n) is 1.75. The number of nitriles is 1. The number of amides is 3. The van der Waals surface area contributed by atoms with Crippen molar-refractivity contribution < 1.29 is 19.1 Å². The Hall–Kier alpha value is -3.01. The van der Waals surface area contributed by atoms with Crippen molar-refractivity contribution in [3.8, 4) is 17.6 Å². The maximum Gasteiger partial charge on any atom is 0.319 e. The second-order valence-corrected chi connectivity index (χ2v) is 5.33. The van der Waals surface area contributed by atoms with Crippen LogP contribution < -0.4 is 20.5 Å². The molecule has 0 unspecified atom stereocenters. The monoisotopic (exact) mass is 331 g/mol. The number of nitrogens with one attached hydrogen (secondary N) is 1. The number of hydrogen-bond donors (Lipinski definition) is 2. The second kappa shape index (κ2) is 9.20. The number of carbonyl (C=O) groups excluding carboxylic acids is 2. The summed E-state index contributed by atoms with van der Waals surface area (Å²) in [6.45, 7) is 6.90. The van der Waals surface area contributed by atoms with Gasteiger partial charge in [0, 0.05) is 0 Å². The van der Waals surface area contributed by atoms with Gasteiger partial charge < -0.3 is 15.2 Å². The minimum absolute atomic E-state index is 0.243. The smallest absolute Gasteiger partial charge is 0.319 e. The number of rotatable bonds is 7. The summed E-state index contributed by atoms with van der Waals surface area (Å²) in [5.74, 6) is 0.604. The SMILES string of the molecule is CCOc1cc(/C=C(\C#N)C(=O)NC(N)=O)ccc1OCC(C)C. The fourth-order valence-corrected chi connectivity index (χ4v) is 1.75. The first kappa shape index (κ1) is 19.0. The van der Waals surface area contributed by atoms with Crippen LogP contribution >= 0.6 is 0 Å². The maximum absolute atomic E-state index is 11.7. The highest BCUT2D eigenvalue weighted by Crippen LogP contribution is 2.29. The number of nitrogens with zero attached hydrogens (tertiary/aromatic N) is 1. The van der Waals surface area contributed by atoms with E-state index in [1.165, 1.54) is 6.08 Å². The van der Waals surface area contributed by atoms with Gasteiger partial charge in [0.1, 0.15) is 11.6 Å². The van der Waals surface area contributed by atoms with Gasteiger partial charge in [0.25, 0.3) is 5.91 Å². The number of benzene rings is 1. The molecule has 0 saturated carbocycles. The molecule has 7 nitrogen and oxygen atoms in total. The molecule has 0 aliphatic carbocycles. The Bertz CT molecular complexity index is 675. The van der Waals surface area contributed by atoms with E-state index in [1.54, 1.807) is 24.3 Å². The van der Waals surface area contributed by atoms with Crippen LogP contribution in [0.4, 0.5) is 4.79 Å². The molecule has 0 atom stereocenters. The highest BCUT2D eigenvalue weighted by molar-refractivity contribution is 6.08. The van der Waals surface area contributed by atoms with Crippen LogP contribution in [-0.2, 0) is 4.79 Å². The standard InChI is InChI=1S/C17H21N3O4/c1-4-23-15-8-12(5-6-14(15)24-10-11(2)3)7-13(9-18)16(21)20-17(19)22/h5-8,11H,4,10H2,1-3H3,(H3,19,20,21,22)/b13-7+. The van der Waals surface area contributed by atoms with Crippen molar-refractivity contribution in [3.05, 3.63) is 29.3 Å². The minimum Gasteiger partial charge on any atom is -0.490 e. The highest BCUT2D eigenvalue weighted by Gasteiger charge is 2.12. The van der Waals surface area contributed by atoms with Gasteiger partial charge in [-0.2, -0.15) is 5.26 Å². The Labute approximate surface area is 141 Å². The molecule has 1 aromatic rings. The second-order valence-electron chi connectivity index (χ2n) is 5.33. The van der Waals surface area contributed by atoms with Crippen LogP contribution in [0.5, 0.6) is 11.5 Å². The molecule has 0 fully saturated rings. The summed E-state index contributed by atoms with van der Waals surface area (Å²) in [6, 6.07) is 5.77.